The third-order valence-corrected chi connectivity index (χ3v) is 3.42. The van der Waals surface area contributed by atoms with Crippen molar-refractivity contribution in [1.82, 2.24) is 0 Å². The lowest BCUT2D eigenvalue weighted by Gasteiger charge is -2.45. The lowest BCUT2D eigenvalue weighted by atomic mass is 9.60. The summed E-state index contributed by atoms with van der Waals surface area (Å²) in [4.78, 5) is 0. The molecule has 1 fully saturated rings. The van der Waals surface area contributed by atoms with Crippen LogP contribution in [0.2, 0.25) is 0 Å². The van der Waals surface area contributed by atoms with E-state index in [0.29, 0.717) is 10.8 Å². The first kappa shape index (κ1) is 6.45. The fourth-order valence-corrected chi connectivity index (χ4v) is 2.13. The van der Waals surface area contributed by atoms with Crippen molar-refractivity contribution in [3.8, 4) is 0 Å². The second-order valence-corrected chi connectivity index (χ2v) is 4.64. The minimum absolute atomic E-state index is 0.581. The van der Waals surface area contributed by atoms with Crippen LogP contribution >= 0.6 is 0 Å². The molecular formula is C10H16. The van der Waals surface area contributed by atoms with Gasteiger partial charge in [0.2, 0.25) is 0 Å². The van der Waals surface area contributed by atoms with Crippen LogP contribution in [-0.4, -0.2) is 0 Å². The highest BCUT2D eigenvalue weighted by Gasteiger charge is 2.38. The van der Waals surface area contributed by atoms with Gasteiger partial charge in [0.15, 0.2) is 0 Å². The minimum atomic E-state index is 0.581. The van der Waals surface area contributed by atoms with Crippen LogP contribution in [-0.2, 0) is 0 Å². The van der Waals surface area contributed by atoms with Crippen molar-refractivity contribution in [1.29, 1.82) is 0 Å². The van der Waals surface area contributed by atoms with E-state index >= 15 is 0 Å². The fourth-order valence-electron chi connectivity index (χ4n) is 2.13. The Morgan fingerprint density at radius 1 is 0.800 bits per heavy atom. The highest BCUT2D eigenvalue weighted by Crippen LogP contribution is 2.51. The highest BCUT2D eigenvalue weighted by molar-refractivity contribution is 5.14. The molecule has 0 aliphatic heterocycles. The van der Waals surface area contributed by atoms with Crippen LogP contribution in [0.15, 0.2) is 12.2 Å². The van der Waals surface area contributed by atoms with E-state index in [9.17, 15) is 0 Å². The summed E-state index contributed by atoms with van der Waals surface area (Å²) in [6.07, 6.45) is 10.6. The lowest BCUT2D eigenvalue weighted by molar-refractivity contribution is 0.153. The zero-order valence-corrected chi connectivity index (χ0v) is 6.98. The Balaban J connectivity index is 2.33. The van der Waals surface area contributed by atoms with Crippen LogP contribution in [0.1, 0.15) is 39.5 Å². The molecule has 0 heterocycles. The Hall–Kier alpha value is -0.260. The summed E-state index contributed by atoms with van der Waals surface area (Å²) in [6.45, 7) is 4.78. The van der Waals surface area contributed by atoms with Crippen molar-refractivity contribution < 1.29 is 0 Å². The molecule has 1 saturated carbocycles. The molecule has 0 aromatic heterocycles. The predicted octanol–water partition coefficient (Wildman–Crippen LogP) is 3.14. The summed E-state index contributed by atoms with van der Waals surface area (Å²) in [5, 5.41) is 0. The van der Waals surface area contributed by atoms with Gasteiger partial charge in [-0.25, -0.2) is 0 Å². The van der Waals surface area contributed by atoms with E-state index in [1.807, 2.05) is 0 Å². The number of hydrogen-bond donors (Lipinski definition) is 0. The summed E-state index contributed by atoms with van der Waals surface area (Å²) in [6, 6.07) is 0. The molecule has 10 heavy (non-hydrogen) atoms. The van der Waals surface area contributed by atoms with E-state index in [4.69, 9.17) is 0 Å². The standard InChI is InChI=1S/C10H16/c1-9-3-6-10(2,7-4-9)8-5-9/h3,6H,4-5,7-8H2,1-2H3. The fraction of sp³-hybridized carbons (Fsp3) is 0.800. The molecule has 0 N–H and O–H groups in total. The smallest absolute Gasteiger partial charge is 0.0146 e. The molecule has 3 aliphatic rings. The molecule has 0 amide bonds. The summed E-state index contributed by atoms with van der Waals surface area (Å²) < 4.78 is 0. The van der Waals surface area contributed by atoms with E-state index < -0.39 is 0 Å². The number of fused-ring (bicyclic) bond motifs is 2. The molecular weight excluding hydrogens is 120 g/mol. The zero-order chi connectivity index (χ0) is 7.24. The average Bonchev–Trinajstić information content (AvgIpc) is 1.93. The maximum atomic E-state index is 2.44. The molecule has 2 bridgehead atoms. The summed E-state index contributed by atoms with van der Waals surface area (Å²) in [7, 11) is 0. The van der Waals surface area contributed by atoms with Crippen molar-refractivity contribution >= 4 is 0 Å². The van der Waals surface area contributed by atoms with Gasteiger partial charge in [-0.05, 0) is 36.5 Å². The van der Waals surface area contributed by atoms with Crippen LogP contribution < -0.4 is 0 Å². The monoisotopic (exact) mass is 136 g/mol. The predicted molar refractivity (Wildman–Crippen MR) is 43.8 cm³/mol. The van der Waals surface area contributed by atoms with Crippen molar-refractivity contribution in [2.45, 2.75) is 39.5 Å². The Morgan fingerprint density at radius 2 is 1.10 bits per heavy atom. The van der Waals surface area contributed by atoms with E-state index in [2.05, 4.69) is 26.0 Å². The minimum Gasteiger partial charge on any atom is -0.0820 e. The molecule has 3 rings (SSSR count). The first-order chi connectivity index (χ1) is 4.62. The third-order valence-electron chi connectivity index (χ3n) is 3.42. The Labute approximate surface area is 63.3 Å². The first-order valence-corrected chi connectivity index (χ1v) is 4.32. The van der Waals surface area contributed by atoms with Crippen molar-refractivity contribution in [2.24, 2.45) is 10.8 Å². The van der Waals surface area contributed by atoms with E-state index in [1.165, 1.54) is 25.7 Å². The maximum Gasteiger partial charge on any atom is -0.0146 e. The number of allylic oxidation sites excluding steroid dienone is 2. The second kappa shape index (κ2) is 1.66. The van der Waals surface area contributed by atoms with Crippen LogP contribution in [0.3, 0.4) is 0 Å². The van der Waals surface area contributed by atoms with Crippen LogP contribution in [0.5, 0.6) is 0 Å². The molecule has 3 aliphatic carbocycles. The number of hydrogen-bond acceptors (Lipinski definition) is 0. The molecule has 0 spiro atoms. The van der Waals surface area contributed by atoms with Gasteiger partial charge in [0.25, 0.3) is 0 Å². The SMILES string of the molecule is CC12C=CC(C)(CC1)CC2. The molecule has 0 saturated heterocycles. The second-order valence-electron chi connectivity index (χ2n) is 4.64. The molecule has 0 heteroatoms. The lowest BCUT2D eigenvalue weighted by Crippen LogP contribution is -2.33. The van der Waals surface area contributed by atoms with Gasteiger partial charge in [-0.3, -0.25) is 0 Å². The first-order valence-electron chi connectivity index (χ1n) is 4.32. The molecule has 0 atom stereocenters. The molecule has 0 unspecified atom stereocenters. The summed E-state index contributed by atoms with van der Waals surface area (Å²) in [5.74, 6) is 0. The Kier molecular flexibility index (Phi) is 1.07. The van der Waals surface area contributed by atoms with Gasteiger partial charge in [-0.15, -0.1) is 0 Å². The third kappa shape index (κ3) is 0.817. The molecule has 0 radical (unpaired) electrons. The maximum absolute atomic E-state index is 2.44. The van der Waals surface area contributed by atoms with Crippen LogP contribution in [0.4, 0.5) is 0 Å². The quantitative estimate of drug-likeness (QED) is 0.449. The molecule has 56 valence electrons. The van der Waals surface area contributed by atoms with Gasteiger partial charge in [-0.2, -0.15) is 0 Å². The summed E-state index contributed by atoms with van der Waals surface area (Å²) >= 11 is 0. The van der Waals surface area contributed by atoms with Crippen molar-refractivity contribution in [2.75, 3.05) is 0 Å². The Morgan fingerprint density at radius 3 is 1.30 bits per heavy atom. The zero-order valence-electron chi connectivity index (χ0n) is 6.98. The van der Waals surface area contributed by atoms with Gasteiger partial charge < -0.3 is 0 Å². The molecule has 0 aromatic rings. The van der Waals surface area contributed by atoms with E-state index in [-0.39, 0.29) is 0 Å². The topological polar surface area (TPSA) is 0 Å². The van der Waals surface area contributed by atoms with Gasteiger partial charge in [0.05, 0.1) is 0 Å². The van der Waals surface area contributed by atoms with Gasteiger partial charge in [-0.1, -0.05) is 26.0 Å². The van der Waals surface area contributed by atoms with Crippen LogP contribution in [0.25, 0.3) is 0 Å². The van der Waals surface area contributed by atoms with Crippen LogP contribution in [0, 0.1) is 10.8 Å². The van der Waals surface area contributed by atoms with E-state index in [1.54, 1.807) is 0 Å². The normalized spacial score (nSPS) is 51.8. The summed E-state index contributed by atoms with van der Waals surface area (Å²) in [5.41, 5.74) is 1.16. The molecule has 0 nitrogen and oxygen atoms in total. The molecule has 0 aromatic carbocycles. The Bertz CT molecular complexity index is 148. The van der Waals surface area contributed by atoms with Gasteiger partial charge in [0.1, 0.15) is 0 Å². The van der Waals surface area contributed by atoms with E-state index in [0.717, 1.165) is 0 Å². The van der Waals surface area contributed by atoms with Gasteiger partial charge in [0, 0.05) is 0 Å². The van der Waals surface area contributed by atoms with Gasteiger partial charge >= 0.3 is 0 Å². The van der Waals surface area contributed by atoms with Crippen molar-refractivity contribution in [3.63, 3.8) is 0 Å². The average molecular weight is 136 g/mol. The van der Waals surface area contributed by atoms with Crippen molar-refractivity contribution in [3.05, 3.63) is 12.2 Å². The largest absolute Gasteiger partial charge is 0.0820 e. The number of rotatable bonds is 0. The highest BCUT2D eigenvalue weighted by atomic mass is 14.4.